The Labute approximate surface area is 189 Å². The second kappa shape index (κ2) is 12.5. The maximum Gasteiger partial charge on any atom is 0.251 e. The summed E-state index contributed by atoms with van der Waals surface area (Å²) >= 11 is 2.03. The Balaban J connectivity index is 0.00000280. The van der Waals surface area contributed by atoms with Crippen molar-refractivity contribution < 1.29 is 9.53 Å². The van der Waals surface area contributed by atoms with E-state index in [0.29, 0.717) is 23.9 Å². The summed E-state index contributed by atoms with van der Waals surface area (Å²) in [7, 11) is 1.78. The van der Waals surface area contributed by atoms with Gasteiger partial charge in [0, 0.05) is 44.1 Å². The van der Waals surface area contributed by atoms with Crippen LogP contribution in [0.4, 0.5) is 0 Å². The number of rotatable bonds is 7. The van der Waals surface area contributed by atoms with E-state index in [1.807, 2.05) is 36.0 Å². The van der Waals surface area contributed by atoms with Gasteiger partial charge in [-0.2, -0.15) is 11.8 Å². The number of halogens is 1. The van der Waals surface area contributed by atoms with Crippen LogP contribution in [-0.2, 0) is 11.3 Å². The predicted molar refractivity (Wildman–Crippen MR) is 127 cm³/mol. The summed E-state index contributed by atoms with van der Waals surface area (Å²) in [5.74, 6) is 2.02. The van der Waals surface area contributed by atoms with Gasteiger partial charge in [0.15, 0.2) is 5.96 Å². The van der Waals surface area contributed by atoms with Crippen molar-refractivity contribution in [3.63, 3.8) is 0 Å². The molecule has 0 aliphatic carbocycles. The van der Waals surface area contributed by atoms with Crippen molar-refractivity contribution in [2.45, 2.75) is 43.6 Å². The van der Waals surface area contributed by atoms with Crippen molar-refractivity contribution in [1.82, 2.24) is 16.0 Å². The molecule has 2 saturated heterocycles. The fourth-order valence-electron chi connectivity index (χ4n) is 3.36. The van der Waals surface area contributed by atoms with Crippen molar-refractivity contribution in [3.8, 4) is 0 Å². The minimum absolute atomic E-state index is 0. The zero-order chi connectivity index (χ0) is 18.9. The van der Waals surface area contributed by atoms with Gasteiger partial charge in [0.2, 0.25) is 0 Å². The zero-order valence-electron chi connectivity index (χ0n) is 16.4. The van der Waals surface area contributed by atoms with Gasteiger partial charge in [-0.05, 0) is 49.1 Å². The summed E-state index contributed by atoms with van der Waals surface area (Å²) in [4.78, 5) is 16.7. The van der Waals surface area contributed by atoms with Crippen LogP contribution in [0.2, 0.25) is 0 Å². The number of nitrogens with one attached hydrogen (secondary N) is 3. The highest BCUT2D eigenvalue weighted by atomic mass is 127. The molecular weight excluding hydrogens is 487 g/mol. The number of carbonyl (C=O) groups is 1. The van der Waals surface area contributed by atoms with E-state index in [2.05, 4.69) is 20.9 Å². The lowest BCUT2D eigenvalue weighted by Crippen LogP contribution is -2.39. The Morgan fingerprint density at radius 2 is 2.11 bits per heavy atom. The lowest BCUT2D eigenvalue weighted by Gasteiger charge is -2.15. The molecule has 1 aromatic carbocycles. The summed E-state index contributed by atoms with van der Waals surface area (Å²) in [6.07, 6.45) is 4.85. The molecule has 2 atom stereocenters. The maximum atomic E-state index is 12.4. The number of amides is 1. The number of guanidine groups is 1. The molecule has 2 unspecified atom stereocenters. The standard InChI is InChI=1S/C20H30N4O2S.HI/c1-21-20(24-14-18-8-4-10-27-18)23-12-15-5-2-6-16(11-15)19(25)22-13-17-7-3-9-26-17;/h2,5-6,11,17-18H,3-4,7-10,12-14H2,1H3,(H,22,25)(H2,21,23,24);1H. The van der Waals surface area contributed by atoms with Crippen LogP contribution in [0.3, 0.4) is 0 Å². The first-order chi connectivity index (χ1) is 13.2. The molecule has 2 heterocycles. The number of ether oxygens (including phenoxy) is 1. The van der Waals surface area contributed by atoms with Gasteiger partial charge in [-0.1, -0.05) is 12.1 Å². The van der Waals surface area contributed by atoms with Crippen molar-refractivity contribution in [2.75, 3.05) is 32.5 Å². The number of hydrogen-bond acceptors (Lipinski definition) is 4. The quantitative estimate of drug-likeness (QED) is 0.294. The predicted octanol–water partition coefficient (Wildman–Crippen LogP) is 2.77. The van der Waals surface area contributed by atoms with Crippen molar-refractivity contribution in [2.24, 2.45) is 4.99 Å². The van der Waals surface area contributed by atoms with Gasteiger partial charge in [0.05, 0.1) is 6.10 Å². The molecule has 0 bridgehead atoms. The number of hydrogen-bond donors (Lipinski definition) is 3. The van der Waals surface area contributed by atoms with Crippen molar-refractivity contribution in [3.05, 3.63) is 35.4 Å². The van der Waals surface area contributed by atoms with E-state index < -0.39 is 0 Å². The highest BCUT2D eigenvalue weighted by Gasteiger charge is 2.17. The minimum atomic E-state index is -0.0480. The summed E-state index contributed by atoms with van der Waals surface area (Å²) in [6, 6.07) is 7.71. The molecule has 28 heavy (non-hydrogen) atoms. The van der Waals surface area contributed by atoms with Gasteiger partial charge in [-0.15, -0.1) is 24.0 Å². The lowest BCUT2D eigenvalue weighted by atomic mass is 10.1. The molecule has 3 rings (SSSR count). The first kappa shape index (κ1) is 23.3. The average Bonchev–Trinajstić information content (AvgIpc) is 3.40. The Morgan fingerprint density at radius 1 is 1.21 bits per heavy atom. The van der Waals surface area contributed by atoms with Gasteiger partial charge in [-0.25, -0.2) is 0 Å². The third-order valence-electron chi connectivity index (χ3n) is 4.91. The monoisotopic (exact) mass is 518 g/mol. The molecule has 1 amide bonds. The first-order valence-corrected chi connectivity index (χ1v) is 10.8. The van der Waals surface area contributed by atoms with Crippen LogP contribution in [-0.4, -0.2) is 55.7 Å². The molecule has 3 N–H and O–H groups in total. The second-order valence-corrected chi connectivity index (χ2v) is 8.40. The van der Waals surface area contributed by atoms with Crippen LogP contribution in [0.5, 0.6) is 0 Å². The van der Waals surface area contributed by atoms with Crippen LogP contribution in [0.15, 0.2) is 29.3 Å². The fraction of sp³-hybridized carbons (Fsp3) is 0.600. The average molecular weight is 518 g/mol. The number of nitrogens with zero attached hydrogens (tertiary/aromatic N) is 1. The largest absolute Gasteiger partial charge is 0.376 e. The highest BCUT2D eigenvalue weighted by Crippen LogP contribution is 2.25. The molecule has 6 nitrogen and oxygen atoms in total. The van der Waals surface area contributed by atoms with E-state index in [4.69, 9.17) is 4.74 Å². The Morgan fingerprint density at radius 3 is 2.82 bits per heavy atom. The van der Waals surface area contributed by atoms with Crippen molar-refractivity contribution in [1.29, 1.82) is 0 Å². The second-order valence-electron chi connectivity index (χ2n) is 6.99. The van der Waals surface area contributed by atoms with Crippen molar-refractivity contribution >= 4 is 47.6 Å². The fourth-order valence-corrected chi connectivity index (χ4v) is 4.56. The van der Waals surface area contributed by atoms with Crippen LogP contribution in [0, 0.1) is 0 Å². The Bertz CT molecular complexity index is 647. The van der Waals surface area contributed by atoms with Gasteiger partial charge in [-0.3, -0.25) is 9.79 Å². The number of aliphatic imine (C=N–C) groups is 1. The van der Waals surface area contributed by atoms with Crippen LogP contribution in [0.1, 0.15) is 41.6 Å². The maximum absolute atomic E-state index is 12.4. The van der Waals surface area contributed by atoms with E-state index in [0.717, 1.165) is 37.5 Å². The van der Waals surface area contributed by atoms with E-state index in [1.54, 1.807) is 7.05 Å². The molecule has 2 fully saturated rings. The molecule has 0 radical (unpaired) electrons. The normalized spacial score (nSPS) is 21.8. The minimum Gasteiger partial charge on any atom is -0.376 e. The zero-order valence-corrected chi connectivity index (χ0v) is 19.6. The topological polar surface area (TPSA) is 74.8 Å². The molecule has 0 aromatic heterocycles. The molecule has 0 saturated carbocycles. The van der Waals surface area contributed by atoms with E-state index in [1.165, 1.54) is 18.6 Å². The summed E-state index contributed by atoms with van der Waals surface area (Å²) in [5, 5.41) is 10.4. The lowest BCUT2D eigenvalue weighted by molar-refractivity contribution is 0.0857. The number of thioether (sulfide) groups is 1. The highest BCUT2D eigenvalue weighted by molar-refractivity contribution is 14.0. The molecular formula is C20H31IN4O2S. The molecule has 156 valence electrons. The summed E-state index contributed by atoms with van der Waals surface area (Å²) in [5.41, 5.74) is 1.73. The smallest absolute Gasteiger partial charge is 0.251 e. The van der Waals surface area contributed by atoms with Gasteiger partial charge in [0.1, 0.15) is 0 Å². The van der Waals surface area contributed by atoms with Gasteiger partial charge in [0.25, 0.3) is 5.91 Å². The molecule has 0 spiro atoms. The van der Waals surface area contributed by atoms with Gasteiger partial charge >= 0.3 is 0 Å². The van der Waals surface area contributed by atoms with E-state index in [-0.39, 0.29) is 36.0 Å². The molecule has 2 aliphatic rings. The first-order valence-electron chi connectivity index (χ1n) is 9.79. The van der Waals surface area contributed by atoms with Gasteiger partial charge < -0.3 is 20.7 Å². The van der Waals surface area contributed by atoms with Crippen LogP contribution >= 0.6 is 35.7 Å². The van der Waals surface area contributed by atoms with E-state index in [9.17, 15) is 4.79 Å². The number of benzene rings is 1. The Hall–Kier alpha value is -1.00. The molecule has 2 aliphatic heterocycles. The number of carbonyl (C=O) groups excluding carboxylic acids is 1. The third-order valence-corrected chi connectivity index (χ3v) is 6.31. The summed E-state index contributed by atoms with van der Waals surface area (Å²) < 4.78 is 5.55. The molecule has 1 aromatic rings. The SMILES string of the molecule is CN=C(NCc1cccc(C(=O)NCC2CCCO2)c1)NCC1CCCS1.I. The van der Waals surface area contributed by atoms with E-state index >= 15 is 0 Å². The van der Waals surface area contributed by atoms with Crippen LogP contribution in [0.25, 0.3) is 0 Å². The molecule has 8 heteroatoms. The van der Waals surface area contributed by atoms with Crippen LogP contribution < -0.4 is 16.0 Å². The third kappa shape index (κ3) is 7.44. The summed E-state index contributed by atoms with van der Waals surface area (Å²) in [6.45, 7) is 2.95. The Kier molecular flexibility index (Phi) is 10.4.